The molecule has 0 fully saturated rings. The number of benzene rings is 1. The van der Waals surface area contributed by atoms with Crippen molar-refractivity contribution >= 4 is 29.0 Å². The van der Waals surface area contributed by atoms with E-state index < -0.39 is 6.03 Å². The molecule has 92 valence electrons. The number of urea groups is 1. The Balaban J connectivity index is 1.98. The van der Waals surface area contributed by atoms with Crippen LogP contribution < -0.4 is 16.2 Å². The predicted molar refractivity (Wildman–Crippen MR) is 71.2 cm³/mol. The first-order chi connectivity index (χ1) is 8.63. The maximum atomic E-state index is 11.6. The Labute approximate surface area is 108 Å². The molecule has 5 nitrogen and oxygen atoms in total. The first-order valence-corrected chi connectivity index (χ1v) is 5.53. The Bertz CT molecular complexity index is 587. The van der Waals surface area contributed by atoms with Crippen molar-refractivity contribution in [1.82, 2.24) is 4.98 Å². The number of anilines is 2. The lowest BCUT2D eigenvalue weighted by Crippen LogP contribution is -2.20. The van der Waals surface area contributed by atoms with Crippen LogP contribution in [0.15, 0.2) is 47.4 Å². The van der Waals surface area contributed by atoms with Crippen molar-refractivity contribution in [3.8, 4) is 0 Å². The summed E-state index contributed by atoms with van der Waals surface area (Å²) in [6.45, 7) is 0. The summed E-state index contributed by atoms with van der Waals surface area (Å²) >= 11 is 5.73. The lowest BCUT2D eigenvalue weighted by Gasteiger charge is -2.07. The highest BCUT2D eigenvalue weighted by Gasteiger charge is 2.02. The number of carbonyl (C=O) groups is 1. The summed E-state index contributed by atoms with van der Waals surface area (Å²) in [5, 5.41) is 5.81. The van der Waals surface area contributed by atoms with E-state index in [0.717, 1.165) is 0 Å². The van der Waals surface area contributed by atoms with E-state index >= 15 is 0 Å². The van der Waals surface area contributed by atoms with Crippen LogP contribution in [-0.4, -0.2) is 11.0 Å². The monoisotopic (exact) mass is 263 g/mol. The van der Waals surface area contributed by atoms with Crippen molar-refractivity contribution in [1.29, 1.82) is 0 Å². The van der Waals surface area contributed by atoms with Gasteiger partial charge in [0, 0.05) is 23.0 Å². The topological polar surface area (TPSA) is 74.0 Å². The zero-order chi connectivity index (χ0) is 13.0. The molecule has 0 spiro atoms. The Hall–Kier alpha value is -2.27. The largest absolute Gasteiger partial charge is 0.327 e. The van der Waals surface area contributed by atoms with E-state index in [2.05, 4.69) is 15.6 Å². The number of aromatic nitrogens is 1. The summed E-state index contributed by atoms with van der Waals surface area (Å²) in [5.74, 6) is 0. The minimum atomic E-state index is -0.399. The van der Waals surface area contributed by atoms with Crippen LogP contribution in [0.2, 0.25) is 5.02 Å². The van der Waals surface area contributed by atoms with Crippen LogP contribution in [0, 0.1) is 0 Å². The van der Waals surface area contributed by atoms with Crippen molar-refractivity contribution in [3.63, 3.8) is 0 Å². The van der Waals surface area contributed by atoms with E-state index in [-0.39, 0.29) is 5.56 Å². The summed E-state index contributed by atoms with van der Waals surface area (Å²) in [7, 11) is 0. The van der Waals surface area contributed by atoms with Gasteiger partial charge in [0.2, 0.25) is 5.56 Å². The SMILES string of the molecule is O=C(Nc1ccc(Cl)cc1)Nc1ccc(=O)[nH]c1. The number of H-pyrrole nitrogens is 1. The van der Waals surface area contributed by atoms with Gasteiger partial charge < -0.3 is 15.6 Å². The molecule has 6 heteroatoms. The Morgan fingerprint density at radius 3 is 2.22 bits per heavy atom. The highest BCUT2D eigenvalue weighted by atomic mass is 35.5. The highest BCUT2D eigenvalue weighted by Crippen LogP contribution is 2.13. The molecule has 0 aliphatic carbocycles. The molecule has 0 radical (unpaired) electrons. The summed E-state index contributed by atoms with van der Waals surface area (Å²) in [4.78, 5) is 24.9. The second-order valence-corrected chi connectivity index (χ2v) is 3.96. The number of aromatic amines is 1. The normalized spacial score (nSPS) is 9.83. The van der Waals surface area contributed by atoms with Gasteiger partial charge in [0.05, 0.1) is 5.69 Å². The molecular weight excluding hydrogens is 254 g/mol. The fourth-order valence-corrected chi connectivity index (χ4v) is 1.44. The van der Waals surface area contributed by atoms with Crippen molar-refractivity contribution in [3.05, 3.63) is 58.0 Å². The van der Waals surface area contributed by atoms with E-state index in [0.29, 0.717) is 16.4 Å². The molecule has 0 bridgehead atoms. The van der Waals surface area contributed by atoms with Crippen molar-refractivity contribution in [2.45, 2.75) is 0 Å². The van der Waals surface area contributed by atoms with Crippen LogP contribution in [0.1, 0.15) is 0 Å². The summed E-state index contributed by atoms with van der Waals surface area (Å²) in [6.07, 6.45) is 1.42. The second kappa shape index (κ2) is 5.37. The quantitative estimate of drug-likeness (QED) is 0.779. The molecule has 0 aliphatic rings. The minimum Gasteiger partial charge on any atom is -0.327 e. The maximum Gasteiger partial charge on any atom is 0.323 e. The molecule has 1 aromatic heterocycles. The molecule has 0 saturated heterocycles. The molecule has 0 aliphatic heterocycles. The Kier molecular flexibility index (Phi) is 3.64. The van der Waals surface area contributed by atoms with Gasteiger partial charge in [0.25, 0.3) is 0 Å². The van der Waals surface area contributed by atoms with Crippen LogP contribution in [0.3, 0.4) is 0 Å². The molecule has 1 heterocycles. The number of hydrogen-bond donors (Lipinski definition) is 3. The number of carbonyl (C=O) groups excluding carboxylic acids is 1. The number of halogens is 1. The van der Waals surface area contributed by atoms with Crippen LogP contribution >= 0.6 is 11.6 Å². The molecule has 0 unspecified atom stereocenters. The number of amides is 2. The van der Waals surface area contributed by atoms with E-state index in [4.69, 9.17) is 11.6 Å². The molecule has 2 rings (SSSR count). The van der Waals surface area contributed by atoms with E-state index in [1.807, 2.05) is 0 Å². The summed E-state index contributed by atoms with van der Waals surface area (Å²) in [5.41, 5.74) is 0.904. The molecule has 0 atom stereocenters. The molecular formula is C12H10ClN3O2. The van der Waals surface area contributed by atoms with Crippen LogP contribution in [0.5, 0.6) is 0 Å². The number of pyridine rings is 1. The third kappa shape index (κ3) is 3.36. The standard InChI is InChI=1S/C12H10ClN3O2/c13-8-1-3-9(4-2-8)15-12(18)16-10-5-6-11(17)14-7-10/h1-7H,(H,14,17)(H2,15,16,18). The van der Waals surface area contributed by atoms with Crippen molar-refractivity contribution in [2.75, 3.05) is 10.6 Å². The fourth-order valence-electron chi connectivity index (χ4n) is 1.31. The van der Waals surface area contributed by atoms with Crippen LogP contribution in [0.25, 0.3) is 0 Å². The number of hydrogen-bond acceptors (Lipinski definition) is 2. The molecule has 2 amide bonds. The average molecular weight is 264 g/mol. The van der Waals surface area contributed by atoms with E-state index in [9.17, 15) is 9.59 Å². The van der Waals surface area contributed by atoms with E-state index in [1.54, 1.807) is 24.3 Å². The summed E-state index contributed by atoms with van der Waals surface area (Å²) in [6, 6.07) is 9.18. The van der Waals surface area contributed by atoms with Gasteiger partial charge in [-0.25, -0.2) is 4.79 Å². The third-order valence-corrected chi connectivity index (χ3v) is 2.40. The first-order valence-electron chi connectivity index (χ1n) is 5.16. The van der Waals surface area contributed by atoms with Gasteiger partial charge in [-0.15, -0.1) is 0 Å². The van der Waals surface area contributed by atoms with Gasteiger partial charge in [0.1, 0.15) is 0 Å². The van der Waals surface area contributed by atoms with Gasteiger partial charge in [-0.2, -0.15) is 0 Å². The lowest BCUT2D eigenvalue weighted by molar-refractivity contribution is 0.262. The van der Waals surface area contributed by atoms with Crippen molar-refractivity contribution < 1.29 is 4.79 Å². The second-order valence-electron chi connectivity index (χ2n) is 3.53. The van der Waals surface area contributed by atoms with Crippen LogP contribution in [-0.2, 0) is 0 Å². The molecule has 3 N–H and O–H groups in total. The number of nitrogens with one attached hydrogen (secondary N) is 3. The Morgan fingerprint density at radius 1 is 1.00 bits per heavy atom. The number of rotatable bonds is 2. The Morgan fingerprint density at radius 2 is 1.61 bits per heavy atom. The molecule has 1 aromatic carbocycles. The third-order valence-electron chi connectivity index (χ3n) is 2.14. The zero-order valence-electron chi connectivity index (χ0n) is 9.24. The molecule has 0 saturated carbocycles. The highest BCUT2D eigenvalue weighted by molar-refractivity contribution is 6.30. The minimum absolute atomic E-state index is 0.223. The van der Waals surface area contributed by atoms with Crippen molar-refractivity contribution in [2.24, 2.45) is 0 Å². The molecule has 2 aromatic rings. The maximum absolute atomic E-state index is 11.6. The fraction of sp³-hybridized carbons (Fsp3) is 0. The van der Waals surface area contributed by atoms with Gasteiger partial charge in [-0.05, 0) is 30.3 Å². The lowest BCUT2D eigenvalue weighted by atomic mass is 10.3. The first kappa shape index (κ1) is 12.2. The average Bonchev–Trinajstić information content (AvgIpc) is 2.35. The smallest absolute Gasteiger partial charge is 0.323 e. The van der Waals surface area contributed by atoms with Gasteiger partial charge in [0.15, 0.2) is 0 Å². The van der Waals surface area contributed by atoms with E-state index in [1.165, 1.54) is 18.3 Å². The van der Waals surface area contributed by atoms with Gasteiger partial charge >= 0.3 is 6.03 Å². The van der Waals surface area contributed by atoms with Crippen LogP contribution in [0.4, 0.5) is 16.2 Å². The molecule has 18 heavy (non-hydrogen) atoms. The predicted octanol–water partition coefficient (Wildman–Crippen LogP) is 2.67. The van der Waals surface area contributed by atoms with Gasteiger partial charge in [-0.1, -0.05) is 11.6 Å². The summed E-state index contributed by atoms with van der Waals surface area (Å²) < 4.78 is 0. The zero-order valence-corrected chi connectivity index (χ0v) is 9.99. The van der Waals surface area contributed by atoms with Gasteiger partial charge in [-0.3, -0.25) is 4.79 Å².